The quantitative estimate of drug-likeness (QED) is 0.906. The van der Waals surface area contributed by atoms with Gasteiger partial charge in [-0.05, 0) is 26.8 Å². The van der Waals surface area contributed by atoms with E-state index >= 15 is 0 Å². The average Bonchev–Trinajstić information content (AvgIpc) is 2.73. The largest absolute Gasteiger partial charge is 0.397 e. The average molecular weight is 293 g/mol. The number of hydrogen-bond donors (Lipinski definition) is 2. The van der Waals surface area contributed by atoms with Gasteiger partial charge in [0, 0.05) is 28.5 Å². The molecule has 2 rings (SSSR count). The van der Waals surface area contributed by atoms with Gasteiger partial charge in [0.15, 0.2) is 0 Å². The van der Waals surface area contributed by atoms with Gasteiger partial charge in [-0.2, -0.15) is 0 Å². The van der Waals surface area contributed by atoms with Gasteiger partial charge in [0.25, 0.3) is 5.91 Å². The Bertz CT molecular complexity index is 666. The minimum Gasteiger partial charge on any atom is -0.397 e. The number of carbonyl (C=O) groups is 1. The van der Waals surface area contributed by atoms with Crippen LogP contribution in [0, 0.1) is 13.8 Å². The number of rotatable bonds is 3. The molecule has 20 heavy (non-hydrogen) atoms. The van der Waals surface area contributed by atoms with E-state index in [4.69, 9.17) is 10.8 Å². The molecule has 2 aromatic rings. The van der Waals surface area contributed by atoms with Crippen molar-refractivity contribution in [3.8, 4) is 0 Å². The summed E-state index contributed by atoms with van der Waals surface area (Å²) in [5.74, 6) is -0.165. The Hall–Kier alpha value is -1.66. The number of aliphatic hydroxyl groups is 1. The van der Waals surface area contributed by atoms with Gasteiger partial charge in [-0.15, -0.1) is 11.3 Å². The van der Waals surface area contributed by atoms with Gasteiger partial charge in [0.1, 0.15) is 4.88 Å². The van der Waals surface area contributed by atoms with Gasteiger partial charge < -0.3 is 15.7 Å². The van der Waals surface area contributed by atoms with Crippen LogP contribution in [0.25, 0.3) is 10.1 Å². The normalized spacial score (nSPS) is 12.7. The molecule has 1 unspecified atom stereocenters. The number of aromatic nitrogens is 1. The van der Waals surface area contributed by atoms with E-state index in [9.17, 15) is 4.79 Å². The highest BCUT2D eigenvalue weighted by atomic mass is 32.1. The molecule has 0 fully saturated rings. The van der Waals surface area contributed by atoms with Crippen LogP contribution in [0.15, 0.2) is 6.07 Å². The summed E-state index contributed by atoms with van der Waals surface area (Å²) < 4.78 is 0.973. The fourth-order valence-corrected chi connectivity index (χ4v) is 3.37. The predicted molar refractivity (Wildman–Crippen MR) is 82.1 cm³/mol. The molecule has 0 spiro atoms. The molecule has 5 nitrogen and oxygen atoms in total. The molecule has 0 bridgehead atoms. The molecule has 1 atom stereocenters. The van der Waals surface area contributed by atoms with Crippen molar-refractivity contribution in [3.05, 3.63) is 22.3 Å². The maximum Gasteiger partial charge on any atom is 0.266 e. The number of fused-ring (bicyclic) bond motifs is 1. The highest BCUT2D eigenvalue weighted by Gasteiger charge is 2.23. The van der Waals surface area contributed by atoms with E-state index < -0.39 is 0 Å². The highest BCUT2D eigenvalue weighted by molar-refractivity contribution is 7.21. The first-order valence-electron chi connectivity index (χ1n) is 6.41. The lowest BCUT2D eigenvalue weighted by molar-refractivity contribution is 0.0688. The van der Waals surface area contributed by atoms with Crippen molar-refractivity contribution in [2.24, 2.45) is 0 Å². The van der Waals surface area contributed by atoms with E-state index in [1.165, 1.54) is 16.2 Å². The summed E-state index contributed by atoms with van der Waals surface area (Å²) in [6.07, 6.45) is 0. The Labute approximate surface area is 122 Å². The molecule has 0 aromatic carbocycles. The van der Waals surface area contributed by atoms with Crippen molar-refractivity contribution in [1.82, 2.24) is 9.88 Å². The van der Waals surface area contributed by atoms with Crippen LogP contribution in [0.3, 0.4) is 0 Å². The maximum atomic E-state index is 12.5. The number of thiophene rings is 1. The molecular weight excluding hydrogens is 274 g/mol. The SMILES string of the molecule is Cc1cc2sc(C(=O)N(C)C(C)CO)c(N)c2c(C)n1. The van der Waals surface area contributed by atoms with Crippen molar-refractivity contribution in [1.29, 1.82) is 0 Å². The lowest BCUT2D eigenvalue weighted by atomic mass is 10.2. The summed E-state index contributed by atoms with van der Waals surface area (Å²) in [4.78, 5) is 18.9. The Morgan fingerprint density at radius 3 is 2.80 bits per heavy atom. The van der Waals surface area contributed by atoms with E-state index in [2.05, 4.69) is 4.98 Å². The summed E-state index contributed by atoms with van der Waals surface area (Å²) in [7, 11) is 1.67. The van der Waals surface area contributed by atoms with E-state index in [0.29, 0.717) is 10.6 Å². The molecule has 0 aliphatic rings. The van der Waals surface area contributed by atoms with Crippen molar-refractivity contribution in [2.75, 3.05) is 19.4 Å². The number of nitrogens with two attached hydrogens (primary N) is 1. The van der Waals surface area contributed by atoms with Gasteiger partial charge in [0.2, 0.25) is 0 Å². The van der Waals surface area contributed by atoms with Crippen LogP contribution in [-0.4, -0.2) is 40.6 Å². The van der Waals surface area contributed by atoms with Gasteiger partial charge in [-0.1, -0.05) is 0 Å². The predicted octanol–water partition coefficient (Wildman–Crippen LogP) is 1.95. The first-order valence-corrected chi connectivity index (χ1v) is 7.22. The van der Waals surface area contributed by atoms with Crippen LogP contribution < -0.4 is 5.73 Å². The topological polar surface area (TPSA) is 79.5 Å². The van der Waals surface area contributed by atoms with E-state index in [0.717, 1.165) is 21.5 Å². The number of aryl methyl sites for hydroxylation is 2. The van der Waals surface area contributed by atoms with Crippen molar-refractivity contribution in [3.63, 3.8) is 0 Å². The lowest BCUT2D eigenvalue weighted by Crippen LogP contribution is -2.37. The number of anilines is 1. The summed E-state index contributed by atoms with van der Waals surface area (Å²) in [5.41, 5.74) is 8.36. The molecule has 0 aliphatic heterocycles. The van der Waals surface area contributed by atoms with Crippen LogP contribution in [0.1, 0.15) is 28.0 Å². The van der Waals surface area contributed by atoms with Gasteiger partial charge in [0.05, 0.1) is 18.3 Å². The number of likely N-dealkylation sites (N-methyl/N-ethyl adjacent to an activating group) is 1. The Morgan fingerprint density at radius 2 is 2.20 bits per heavy atom. The number of nitrogen functional groups attached to an aromatic ring is 1. The monoisotopic (exact) mass is 293 g/mol. The molecule has 1 amide bonds. The highest BCUT2D eigenvalue weighted by Crippen LogP contribution is 2.36. The number of pyridine rings is 1. The zero-order valence-corrected chi connectivity index (χ0v) is 12.9. The van der Waals surface area contributed by atoms with E-state index in [1.807, 2.05) is 19.9 Å². The third-order valence-electron chi connectivity index (χ3n) is 3.46. The third-order valence-corrected chi connectivity index (χ3v) is 4.60. The number of amides is 1. The smallest absolute Gasteiger partial charge is 0.266 e. The number of carbonyl (C=O) groups excluding carboxylic acids is 1. The zero-order chi connectivity index (χ0) is 15.0. The number of aliphatic hydroxyl groups excluding tert-OH is 1. The van der Waals surface area contributed by atoms with Gasteiger partial charge in [-0.25, -0.2) is 0 Å². The Morgan fingerprint density at radius 1 is 1.55 bits per heavy atom. The molecule has 0 aliphatic carbocycles. The molecular formula is C14H19N3O2S. The summed E-state index contributed by atoms with van der Waals surface area (Å²) in [5, 5.41) is 10.0. The molecule has 0 saturated heterocycles. The second-order valence-corrected chi connectivity index (χ2v) is 6.07. The van der Waals surface area contributed by atoms with Crippen molar-refractivity contribution in [2.45, 2.75) is 26.8 Å². The molecule has 3 N–H and O–H groups in total. The standard InChI is InChI=1S/C14H19N3O2S/c1-7-5-10-11(9(3)16-7)12(15)13(20-10)14(19)17(4)8(2)6-18/h5,8,18H,6,15H2,1-4H3. The van der Waals surface area contributed by atoms with E-state index in [-0.39, 0.29) is 18.6 Å². The van der Waals surface area contributed by atoms with Crippen LogP contribution in [0.4, 0.5) is 5.69 Å². The zero-order valence-electron chi connectivity index (χ0n) is 12.1. The maximum absolute atomic E-state index is 12.5. The molecule has 2 heterocycles. The summed E-state index contributed by atoms with van der Waals surface area (Å²) in [6.45, 7) is 5.53. The molecule has 0 radical (unpaired) electrons. The van der Waals surface area contributed by atoms with Gasteiger partial charge in [-0.3, -0.25) is 9.78 Å². The van der Waals surface area contributed by atoms with Gasteiger partial charge >= 0.3 is 0 Å². The minimum atomic E-state index is -0.243. The number of nitrogens with zero attached hydrogens (tertiary/aromatic N) is 2. The second-order valence-electron chi connectivity index (χ2n) is 5.01. The summed E-state index contributed by atoms with van der Waals surface area (Å²) >= 11 is 1.38. The summed E-state index contributed by atoms with van der Waals surface area (Å²) in [6, 6.07) is 1.70. The fraction of sp³-hybridized carbons (Fsp3) is 0.429. The first kappa shape index (κ1) is 14.7. The van der Waals surface area contributed by atoms with Crippen molar-refractivity contribution >= 4 is 33.0 Å². The first-order chi connectivity index (χ1) is 9.36. The minimum absolute atomic E-state index is 0.0767. The molecule has 0 saturated carbocycles. The molecule has 6 heteroatoms. The van der Waals surface area contributed by atoms with Crippen LogP contribution >= 0.6 is 11.3 Å². The molecule has 108 valence electrons. The van der Waals surface area contributed by atoms with Crippen LogP contribution in [0.2, 0.25) is 0 Å². The third kappa shape index (κ3) is 2.36. The second kappa shape index (κ2) is 5.38. The Kier molecular flexibility index (Phi) is 3.96. The lowest BCUT2D eigenvalue weighted by Gasteiger charge is -2.22. The van der Waals surface area contributed by atoms with Crippen molar-refractivity contribution < 1.29 is 9.90 Å². The fourth-order valence-electron chi connectivity index (χ4n) is 2.12. The van der Waals surface area contributed by atoms with E-state index in [1.54, 1.807) is 14.0 Å². The Balaban J connectivity index is 2.53. The number of hydrogen-bond acceptors (Lipinski definition) is 5. The molecule has 2 aromatic heterocycles. The van der Waals surface area contributed by atoms with Crippen LogP contribution in [-0.2, 0) is 0 Å². The van der Waals surface area contributed by atoms with Crippen LogP contribution in [0.5, 0.6) is 0 Å².